The second-order valence-electron chi connectivity index (χ2n) is 6.81. The van der Waals surface area contributed by atoms with E-state index in [0.29, 0.717) is 19.0 Å². The predicted molar refractivity (Wildman–Crippen MR) is 102 cm³/mol. The molecule has 2 aromatic rings. The van der Waals surface area contributed by atoms with Crippen LogP contribution in [0.4, 0.5) is 0 Å². The minimum Gasteiger partial charge on any atom is -0.381 e. The van der Waals surface area contributed by atoms with Gasteiger partial charge in [-0.2, -0.15) is 0 Å². The molecule has 3 rings (SSSR count). The van der Waals surface area contributed by atoms with Crippen LogP contribution in [0.5, 0.6) is 0 Å². The van der Waals surface area contributed by atoms with Crippen molar-refractivity contribution in [1.82, 2.24) is 25.0 Å². The summed E-state index contributed by atoms with van der Waals surface area (Å²) < 4.78 is 7.50. The topological polar surface area (TPSA) is 67.6 Å². The summed E-state index contributed by atoms with van der Waals surface area (Å²) in [4.78, 5) is 7.01. The molecule has 1 saturated heterocycles. The van der Waals surface area contributed by atoms with Gasteiger partial charge in [-0.05, 0) is 18.9 Å². The molecule has 2 heterocycles. The highest BCUT2D eigenvalue weighted by atomic mass is 16.5. The summed E-state index contributed by atoms with van der Waals surface area (Å²) in [6, 6.07) is 10.3. The van der Waals surface area contributed by atoms with E-state index in [0.717, 1.165) is 43.8 Å². The Hall–Kier alpha value is -2.41. The highest BCUT2D eigenvalue weighted by Crippen LogP contribution is 2.13. The van der Waals surface area contributed by atoms with Crippen molar-refractivity contribution in [2.45, 2.75) is 26.4 Å². The molecule has 0 spiro atoms. The molecule has 7 heteroatoms. The molecular formula is C19H28N6O. The first-order valence-corrected chi connectivity index (χ1v) is 9.09. The van der Waals surface area contributed by atoms with Crippen LogP contribution in [-0.4, -0.2) is 52.4 Å². The van der Waals surface area contributed by atoms with E-state index in [4.69, 9.17) is 9.73 Å². The van der Waals surface area contributed by atoms with Gasteiger partial charge in [0.05, 0.1) is 19.7 Å². The van der Waals surface area contributed by atoms with Crippen molar-refractivity contribution in [1.29, 1.82) is 0 Å². The Morgan fingerprint density at radius 3 is 2.81 bits per heavy atom. The molecule has 0 amide bonds. The van der Waals surface area contributed by atoms with Gasteiger partial charge in [-0.15, -0.1) is 10.2 Å². The van der Waals surface area contributed by atoms with Crippen molar-refractivity contribution in [3.8, 4) is 0 Å². The third kappa shape index (κ3) is 4.82. The zero-order valence-electron chi connectivity index (χ0n) is 15.9. The van der Waals surface area contributed by atoms with Crippen molar-refractivity contribution in [2.24, 2.45) is 18.0 Å². The smallest absolute Gasteiger partial charge is 0.194 e. The molecule has 140 valence electrons. The van der Waals surface area contributed by atoms with Crippen molar-refractivity contribution in [2.75, 3.05) is 26.8 Å². The van der Waals surface area contributed by atoms with Crippen LogP contribution in [0.3, 0.4) is 0 Å². The lowest BCUT2D eigenvalue weighted by molar-refractivity contribution is 0.181. The van der Waals surface area contributed by atoms with Gasteiger partial charge in [0.25, 0.3) is 0 Å². The van der Waals surface area contributed by atoms with E-state index < -0.39 is 0 Å². The second-order valence-corrected chi connectivity index (χ2v) is 6.81. The van der Waals surface area contributed by atoms with Crippen LogP contribution in [-0.2, 0) is 24.9 Å². The first-order chi connectivity index (χ1) is 12.6. The Balaban J connectivity index is 1.68. The average molecular weight is 356 g/mol. The molecule has 1 atom stereocenters. The van der Waals surface area contributed by atoms with Gasteiger partial charge in [0, 0.05) is 33.2 Å². The zero-order chi connectivity index (χ0) is 18.4. The number of hydrogen-bond acceptors (Lipinski definition) is 4. The summed E-state index contributed by atoms with van der Waals surface area (Å²) in [5.74, 6) is 3.23. The maximum Gasteiger partial charge on any atom is 0.194 e. The molecule has 1 fully saturated rings. The monoisotopic (exact) mass is 356 g/mol. The molecule has 0 bridgehead atoms. The Morgan fingerprint density at radius 2 is 2.15 bits per heavy atom. The lowest BCUT2D eigenvalue weighted by Crippen LogP contribution is -2.41. The molecule has 1 N–H and O–H groups in total. The standard InChI is InChI=1S/C19H28N6O/c1-15-22-23-18(25(15)3)12-21-19(20-11-16-7-5-4-6-8-16)24(2)13-17-9-10-26-14-17/h4-8,17H,9-14H2,1-3H3,(H,20,21). The van der Waals surface area contributed by atoms with Crippen LogP contribution in [0.1, 0.15) is 23.6 Å². The summed E-state index contributed by atoms with van der Waals surface area (Å²) in [7, 11) is 4.06. The van der Waals surface area contributed by atoms with Crippen molar-refractivity contribution in [3.05, 3.63) is 47.5 Å². The van der Waals surface area contributed by atoms with Gasteiger partial charge >= 0.3 is 0 Å². The van der Waals surface area contributed by atoms with Gasteiger partial charge in [-0.3, -0.25) is 0 Å². The van der Waals surface area contributed by atoms with Gasteiger partial charge in [-0.25, -0.2) is 4.99 Å². The summed E-state index contributed by atoms with van der Waals surface area (Å²) in [6.07, 6.45) is 1.11. The molecule has 1 aromatic heterocycles. The van der Waals surface area contributed by atoms with Gasteiger partial charge in [-0.1, -0.05) is 30.3 Å². The summed E-state index contributed by atoms with van der Waals surface area (Å²) in [6.45, 7) is 5.81. The number of aromatic nitrogens is 3. The minimum absolute atomic E-state index is 0.556. The number of rotatable bonds is 6. The van der Waals surface area contributed by atoms with E-state index in [-0.39, 0.29) is 0 Å². The van der Waals surface area contributed by atoms with Gasteiger partial charge in [0.15, 0.2) is 11.8 Å². The van der Waals surface area contributed by atoms with E-state index in [1.807, 2.05) is 36.7 Å². The van der Waals surface area contributed by atoms with Crippen LogP contribution in [0, 0.1) is 12.8 Å². The largest absolute Gasteiger partial charge is 0.381 e. The number of aliphatic imine (C=N–C) groups is 1. The molecular weight excluding hydrogens is 328 g/mol. The summed E-state index contributed by atoms with van der Waals surface area (Å²) >= 11 is 0. The lowest BCUT2D eigenvalue weighted by Gasteiger charge is -2.24. The summed E-state index contributed by atoms with van der Waals surface area (Å²) in [5, 5.41) is 11.8. The Bertz CT molecular complexity index is 721. The lowest BCUT2D eigenvalue weighted by atomic mass is 10.1. The van der Waals surface area contributed by atoms with E-state index >= 15 is 0 Å². The number of nitrogens with one attached hydrogen (secondary N) is 1. The number of ether oxygens (including phenoxy) is 1. The van der Waals surface area contributed by atoms with E-state index in [2.05, 4.69) is 39.6 Å². The van der Waals surface area contributed by atoms with Crippen LogP contribution < -0.4 is 5.32 Å². The van der Waals surface area contributed by atoms with Gasteiger partial charge < -0.3 is 19.5 Å². The third-order valence-electron chi connectivity index (χ3n) is 4.76. The van der Waals surface area contributed by atoms with E-state index in [9.17, 15) is 0 Å². The molecule has 1 aliphatic rings. The molecule has 0 saturated carbocycles. The first-order valence-electron chi connectivity index (χ1n) is 9.09. The molecule has 1 unspecified atom stereocenters. The van der Waals surface area contributed by atoms with Crippen molar-refractivity contribution >= 4 is 5.96 Å². The Kier molecular flexibility index (Phi) is 6.22. The maximum absolute atomic E-state index is 5.51. The molecule has 7 nitrogen and oxygen atoms in total. The quantitative estimate of drug-likeness (QED) is 0.631. The molecule has 1 aliphatic heterocycles. The highest BCUT2D eigenvalue weighted by molar-refractivity contribution is 5.79. The fourth-order valence-electron chi connectivity index (χ4n) is 3.03. The normalized spacial score (nSPS) is 17.5. The second kappa shape index (κ2) is 8.80. The number of guanidine groups is 1. The molecule has 0 radical (unpaired) electrons. The van der Waals surface area contributed by atoms with Crippen molar-refractivity contribution < 1.29 is 4.74 Å². The Labute approximate surface area is 155 Å². The molecule has 26 heavy (non-hydrogen) atoms. The first kappa shape index (κ1) is 18.4. The average Bonchev–Trinajstić information content (AvgIpc) is 3.27. The number of nitrogens with zero attached hydrogens (tertiary/aromatic N) is 5. The van der Waals surface area contributed by atoms with Crippen LogP contribution in [0.25, 0.3) is 0 Å². The van der Waals surface area contributed by atoms with Crippen LogP contribution in [0.15, 0.2) is 35.3 Å². The van der Waals surface area contributed by atoms with Gasteiger partial charge in [0.1, 0.15) is 5.82 Å². The number of hydrogen-bond donors (Lipinski definition) is 1. The maximum atomic E-state index is 5.51. The van der Waals surface area contributed by atoms with Crippen LogP contribution in [0.2, 0.25) is 0 Å². The van der Waals surface area contributed by atoms with Crippen molar-refractivity contribution in [3.63, 3.8) is 0 Å². The Morgan fingerprint density at radius 1 is 1.35 bits per heavy atom. The highest BCUT2D eigenvalue weighted by Gasteiger charge is 2.19. The third-order valence-corrected chi connectivity index (χ3v) is 4.76. The zero-order valence-corrected chi connectivity index (χ0v) is 15.9. The fraction of sp³-hybridized carbons (Fsp3) is 0.526. The predicted octanol–water partition coefficient (Wildman–Crippen LogP) is 1.74. The molecule has 1 aromatic carbocycles. The molecule has 0 aliphatic carbocycles. The van der Waals surface area contributed by atoms with E-state index in [1.54, 1.807) is 0 Å². The summed E-state index contributed by atoms with van der Waals surface area (Å²) in [5.41, 5.74) is 1.19. The fourth-order valence-corrected chi connectivity index (χ4v) is 3.03. The SMILES string of the molecule is Cc1nnc(CNC(=NCc2ccccc2)N(C)CC2CCOC2)n1C. The van der Waals surface area contributed by atoms with Gasteiger partial charge in [0.2, 0.25) is 0 Å². The minimum atomic E-state index is 0.556. The van der Waals surface area contributed by atoms with Crippen LogP contribution >= 0.6 is 0 Å². The number of benzene rings is 1. The van der Waals surface area contributed by atoms with E-state index in [1.165, 1.54) is 5.56 Å². The number of aryl methyl sites for hydroxylation is 1.